The van der Waals surface area contributed by atoms with Crippen molar-refractivity contribution in [2.75, 3.05) is 26.3 Å². The minimum atomic E-state index is -4.03. The van der Waals surface area contributed by atoms with Crippen LogP contribution in [0.15, 0.2) is 53.4 Å². The molecule has 27 heavy (non-hydrogen) atoms. The molecule has 2 aromatic rings. The van der Waals surface area contributed by atoms with E-state index in [-0.39, 0.29) is 37.9 Å². The molecule has 1 aliphatic heterocycles. The molecule has 0 radical (unpaired) electrons. The van der Waals surface area contributed by atoms with Gasteiger partial charge in [-0.05, 0) is 30.7 Å². The van der Waals surface area contributed by atoms with Crippen LogP contribution in [0.25, 0.3) is 0 Å². The van der Waals surface area contributed by atoms with E-state index in [0.717, 1.165) is 17.7 Å². The molecule has 144 valence electrons. The minimum absolute atomic E-state index is 0.0889. The van der Waals surface area contributed by atoms with Crippen molar-refractivity contribution in [2.45, 2.75) is 17.9 Å². The van der Waals surface area contributed by atoms with E-state index >= 15 is 0 Å². The molecule has 1 heterocycles. The predicted molar refractivity (Wildman–Crippen MR) is 98.3 cm³/mol. The van der Waals surface area contributed by atoms with Crippen molar-refractivity contribution in [3.63, 3.8) is 0 Å². The normalized spacial score (nSPS) is 16.7. The molecule has 1 N–H and O–H groups in total. The van der Waals surface area contributed by atoms with Gasteiger partial charge in [-0.3, -0.25) is 4.79 Å². The summed E-state index contributed by atoms with van der Waals surface area (Å²) in [5.74, 6) is -1.35. The number of carbonyl (C=O) groups is 1. The van der Waals surface area contributed by atoms with Gasteiger partial charge in [0.25, 0.3) is 5.91 Å². The molecule has 1 atom stereocenters. The van der Waals surface area contributed by atoms with Crippen LogP contribution in [-0.4, -0.2) is 44.9 Å². The minimum Gasteiger partial charge on any atom is -0.379 e. The zero-order chi connectivity index (χ0) is 19.4. The largest absolute Gasteiger partial charge is 0.379 e. The average Bonchev–Trinajstić information content (AvgIpc) is 2.69. The maximum Gasteiger partial charge on any atom is 0.251 e. The molecule has 2 aromatic carbocycles. The van der Waals surface area contributed by atoms with Crippen LogP contribution in [0.5, 0.6) is 0 Å². The molecular formula is C19H21FN2O4S. The Morgan fingerprint density at radius 3 is 2.48 bits per heavy atom. The first-order chi connectivity index (χ1) is 12.9. The summed E-state index contributed by atoms with van der Waals surface area (Å²) < 4.78 is 46.0. The van der Waals surface area contributed by atoms with Crippen LogP contribution in [0.1, 0.15) is 28.9 Å². The zero-order valence-corrected chi connectivity index (χ0v) is 15.7. The summed E-state index contributed by atoms with van der Waals surface area (Å²) in [7, 11) is -4.03. The first kappa shape index (κ1) is 19.5. The molecule has 1 saturated heterocycles. The van der Waals surface area contributed by atoms with Gasteiger partial charge >= 0.3 is 0 Å². The Balaban J connectivity index is 1.83. The molecule has 1 aliphatic rings. The second kappa shape index (κ2) is 8.16. The zero-order valence-electron chi connectivity index (χ0n) is 14.9. The van der Waals surface area contributed by atoms with Gasteiger partial charge in [0.2, 0.25) is 10.0 Å². The second-order valence-electron chi connectivity index (χ2n) is 6.27. The van der Waals surface area contributed by atoms with Crippen molar-refractivity contribution in [1.29, 1.82) is 0 Å². The van der Waals surface area contributed by atoms with Gasteiger partial charge in [0.15, 0.2) is 0 Å². The molecule has 1 amide bonds. The number of halogens is 1. The molecule has 0 aliphatic carbocycles. The molecule has 8 heteroatoms. The van der Waals surface area contributed by atoms with Crippen LogP contribution < -0.4 is 5.32 Å². The highest BCUT2D eigenvalue weighted by molar-refractivity contribution is 7.89. The van der Waals surface area contributed by atoms with Crippen molar-refractivity contribution in [2.24, 2.45) is 0 Å². The Bertz CT molecular complexity index is 913. The van der Waals surface area contributed by atoms with Crippen LogP contribution in [0.2, 0.25) is 0 Å². The Morgan fingerprint density at radius 1 is 1.15 bits per heavy atom. The Kier molecular flexibility index (Phi) is 5.88. The molecule has 0 spiro atoms. The summed E-state index contributed by atoms with van der Waals surface area (Å²) in [5, 5.41) is 2.80. The van der Waals surface area contributed by atoms with Gasteiger partial charge in [-0.25, -0.2) is 12.8 Å². The highest BCUT2D eigenvalue weighted by atomic mass is 32.2. The highest BCUT2D eigenvalue weighted by Gasteiger charge is 2.29. The molecule has 0 saturated carbocycles. The summed E-state index contributed by atoms with van der Waals surface area (Å²) in [6.07, 6.45) is 0. The lowest BCUT2D eigenvalue weighted by Crippen LogP contribution is -2.41. The average molecular weight is 392 g/mol. The summed E-state index contributed by atoms with van der Waals surface area (Å²) in [4.78, 5) is 12.0. The maximum absolute atomic E-state index is 14.2. The lowest BCUT2D eigenvalue weighted by Gasteiger charge is -2.26. The van der Waals surface area contributed by atoms with Gasteiger partial charge in [-0.15, -0.1) is 0 Å². The van der Waals surface area contributed by atoms with Crippen molar-refractivity contribution in [1.82, 2.24) is 9.62 Å². The third-order valence-electron chi connectivity index (χ3n) is 4.43. The van der Waals surface area contributed by atoms with E-state index in [1.807, 2.05) is 37.3 Å². The summed E-state index contributed by atoms with van der Waals surface area (Å²) in [5.41, 5.74) is 1.00. The van der Waals surface area contributed by atoms with Gasteiger partial charge in [-0.1, -0.05) is 30.3 Å². The fourth-order valence-electron chi connectivity index (χ4n) is 2.87. The number of sulfonamides is 1. The number of ether oxygens (including phenoxy) is 1. The van der Waals surface area contributed by atoms with Crippen molar-refractivity contribution in [3.05, 3.63) is 65.5 Å². The van der Waals surface area contributed by atoms with Crippen LogP contribution >= 0.6 is 0 Å². The van der Waals surface area contributed by atoms with Crippen molar-refractivity contribution >= 4 is 15.9 Å². The molecule has 0 aromatic heterocycles. The monoisotopic (exact) mass is 392 g/mol. The Labute approximate surface area is 158 Å². The van der Waals surface area contributed by atoms with E-state index < -0.39 is 26.6 Å². The lowest BCUT2D eigenvalue weighted by molar-refractivity contribution is 0.0729. The molecule has 6 nitrogen and oxygen atoms in total. The quantitative estimate of drug-likeness (QED) is 0.848. The van der Waals surface area contributed by atoms with E-state index in [1.54, 1.807) is 0 Å². The predicted octanol–water partition coefficient (Wildman–Crippen LogP) is 2.34. The number of amides is 1. The van der Waals surface area contributed by atoms with Gasteiger partial charge in [0.05, 0.1) is 19.3 Å². The van der Waals surface area contributed by atoms with Gasteiger partial charge in [0, 0.05) is 18.7 Å². The first-order valence-electron chi connectivity index (χ1n) is 8.63. The third kappa shape index (κ3) is 4.35. The van der Waals surface area contributed by atoms with Crippen LogP contribution in [0.4, 0.5) is 4.39 Å². The number of nitrogens with zero attached hydrogens (tertiary/aromatic N) is 1. The van der Waals surface area contributed by atoms with Crippen molar-refractivity contribution < 1.29 is 22.3 Å². The number of hydrogen-bond donors (Lipinski definition) is 1. The van der Waals surface area contributed by atoms with Crippen LogP contribution in [0.3, 0.4) is 0 Å². The fourth-order valence-corrected chi connectivity index (χ4v) is 4.37. The highest BCUT2D eigenvalue weighted by Crippen LogP contribution is 2.22. The second-order valence-corrected chi connectivity index (χ2v) is 8.17. The van der Waals surface area contributed by atoms with Gasteiger partial charge in [-0.2, -0.15) is 4.31 Å². The SMILES string of the molecule is CC(NC(=O)c1ccc(F)c(S(=O)(=O)N2CCOCC2)c1)c1ccccc1. The van der Waals surface area contributed by atoms with E-state index in [4.69, 9.17) is 4.74 Å². The number of nitrogens with one attached hydrogen (secondary N) is 1. The summed E-state index contributed by atoms with van der Waals surface area (Å²) in [6, 6.07) is 12.5. The Morgan fingerprint density at radius 2 is 1.81 bits per heavy atom. The maximum atomic E-state index is 14.2. The topological polar surface area (TPSA) is 75.7 Å². The number of hydrogen-bond acceptors (Lipinski definition) is 4. The Hall–Kier alpha value is -2.29. The first-order valence-corrected chi connectivity index (χ1v) is 10.1. The molecule has 3 rings (SSSR count). The molecule has 0 bridgehead atoms. The van der Waals surface area contributed by atoms with E-state index in [1.165, 1.54) is 10.4 Å². The van der Waals surface area contributed by atoms with Crippen LogP contribution in [-0.2, 0) is 14.8 Å². The van der Waals surface area contributed by atoms with Gasteiger partial charge in [0.1, 0.15) is 10.7 Å². The van der Waals surface area contributed by atoms with Gasteiger partial charge < -0.3 is 10.1 Å². The van der Waals surface area contributed by atoms with Crippen molar-refractivity contribution in [3.8, 4) is 0 Å². The lowest BCUT2D eigenvalue weighted by atomic mass is 10.1. The van der Waals surface area contributed by atoms with Crippen LogP contribution in [0, 0.1) is 5.82 Å². The fraction of sp³-hybridized carbons (Fsp3) is 0.316. The standard InChI is InChI=1S/C19H21FN2O4S/c1-14(15-5-3-2-4-6-15)21-19(23)16-7-8-17(20)18(13-16)27(24,25)22-9-11-26-12-10-22/h2-8,13-14H,9-12H2,1H3,(H,21,23). The summed E-state index contributed by atoms with van der Waals surface area (Å²) in [6.45, 7) is 2.65. The number of morpholine rings is 1. The number of carbonyl (C=O) groups excluding carboxylic acids is 1. The molecule has 1 fully saturated rings. The molecule has 1 unspecified atom stereocenters. The summed E-state index contributed by atoms with van der Waals surface area (Å²) >= 11 is 0. The molecular weight excluding hydrogens is 371 g/mol. The van der Waals surface area contributed by atoms with E-state index in [9.17, 15) is 17.6 Å². The smallest absolute Gasteiger partial charge is 0.251 e. The third-order valence-corrected chi connectivity index (χ3v) is 6.34. The van der Waals surface area contributed by atoms with E-state index in [0.29, 0.717) is 0 Å². The number of benzene rings is 2. The van der Waals surface area contributed by atoms with E-state index in [2.05, 4.69) is 5.32 Å². The number of rotatable bonds is 5.